The van der Waals surface area contributed by atoms with E-state index in [9.17, 15) is 18.0 Å². The minimum absolute atomic E-state index is 0.221. The molecule has 29 heavy (non-hydrogen) atoms. The molecule has 1 aliphatic rings. The normalized spacial score (nSPS) is 17.1. The molecule has 0 saturated carbocycles. The van der Waals surface area contributed by atoms with Gasteiger partial charge in [-0.25, -0.2) is 9.97 Å². The van der Waals surface area contributed by atoms with Crippen LogP contribution in [0.3, 0.4) is 0 Å². The maximum absolute atomic E-state index is 13.3. The fraction of sp³-hybridized carbons (Fsp3) is 0.368. The third-order valence-corrected chi connectivity index (χ3v) is 4.70. The number of carbonyl (C=O) groups is 1. The Morgan fingerprint density at radius 1 is 1.31 bits per heavy atom. The minimum atomic E-state index is -4.63. The van der Waals surface area contributed by atoms with E-state index in [-0.39, 0.29) is 25.1 Å². The van der Waals surface area contributed by atoms with Gasteiger partial charge in [0, 0.05) is 44.8 Å². The average Bonchev–Trinajstić information content (AvgIpc) is 2.73. The van der Waals surface area contributed by atoms with E-state index in [0.717, 1.165) is 6.07 Å². The third kappa shape index (κ3) is 4.46. The van der Waals surface area contributed by atoms with Gasteiger partial charge in [0.1, 0.15) is 6.33 Å². The number of piperazine rings is 1. The van der Waals surface area contributed by atoms with Gasteiger partial charge in [0.2, 0.25) is 0 Å². The van der Waals surface area contributed by atoms with Crippen molar-refractivity contribution < 1.29 is 22.7 Å². The number of hydrogen-bond donors (Lipinski definition) is 0. The Kier molecular flexibility index (Phi) is 5.98. The highest BCUT2D eigenvalue weighted by Gasteiger charge is 2.36. The molecule has 1 aliphatic heterocycles. The van der Waals surface area contributed by atoms with E-state index in [1.807, 2.05) is 0 Å². The molecule has 0 radical (unpaired) electrons. The number of rotatable bonds is 4. The second-order valence-corrected chi connectivity index (χ2v) is 6.52. The van der Waals surface area contributed by atoms with Gasteiger partial charge in [-0.2, -0.15) is 18.4 Å². The van der Waals surface area contributed by atoms with E-state index in [1.165, 1.54) is 38.0 Å². The van der Waals surface area contributed by atoms with Gasteiger partial charge in [0.15, 0.2) is 0 Å². The van der Waals surface area contributed by atoms with Crippen LogP contribution in [0.1, 0.15) is 21.5 Å². The monoisotopic (exact) mass is 405 g/mol. The molecule has 2 heterocycles. The van der Waals surface area contributed by atoms with Crippen molar-refractivity contribution in [1.82, 2.24) is 14.9 Å². The van der Waals surface area contributed by atoms with E-state index < -0.39 is 17.3 Å². The summed E-state index contributed by atoms with van der Waals surface area (Å²) in [6.07, 6.45) is -0.466. The van der Waals surface area contributed by atoms with Crippen molar-refractivity contribution >= 4 is 11.6 Å². The molecule has 1 fully saturated rings. The molecule has 1 atom stereocenters. The quantitative estimate of drug-likeness (QED) is 0.777. The number of nitrogens with zero attached hydrogens (tertiary/aromatic N) is 5. The minimum Gasteiger partial charge on any atom is -0.382 e. The van der Waals surface area contributed by atoms with Crippen LogP contribution in [0.15, 0.2) is 36.9 Å². The second-order valence-electron chi connectivity index (χ2n) is 6.52. The van der Waals surface area contributed by atoms with Gasteiger partial charge in [-0.3, -0.25) is 4.79 Å². The van der Waals surface area contributed by atoms with Crippen molar-refractivity contribution in [3.63, 3.8) is 0 Å². The first-order valence-electron chi connectivity index (χ1n) is 8.76. The largest absolute Gasteiger partial charge is 0.417 e. The summed E-state index contributed by atoms with van der Waals surface area (Å²) in [4.78, 5) is 23.9. The second kappa shape index (κ2) is 8.45. The highest BCUT2D eigenvalue weighted by atomic mass is 19.4. The summed E-state index contributed by atoms with van der Waals surface area (Å²) in [7, 11) is 1.50. The fourth-order valence-electron chi connectivity index (χ4n) is 3.33. The Morgan fingerprint density at radius 3 is 2.66 bits per heavy atom. The van der Waals surface area contributed by atoms with Crippen LogP contribution in [0.4, 0.5) is 18.9 Å². The molecule has 1 saturated heterocycles. The topological polar surface area (TPSA) is 82.4 Å². The Hall–Kier alpha value is -3.19. The van der Waals surface area contributed by atoms with Crippen LogP contribution in [0, 0.1) is 11.3 Å². The lowest BCUT2D eigenvalue weighted by Crippen LogP contribution is -2.57. The highest BCUT2D eigenvalue weighted by molar-refractivity contribution is 5.94. The van der Waals surface area contributed by atoms with E-state index in [2.05, 4.69) is 9.97 Å². The number of alkyl halides is 3. The van der Waals surface area contributed by atoms with Crippen molar-refractivity contribution in [2.75, 3.05) is 38.3 Å². The van der Waals surface area contributed by atoms with Gasteiger partial charge in [-0.05, 0) is 18.2 Å². The summed E-state index contributed by atoms with van der Waals surface area (Å²) in [6.45, 7) is 1.14. The number of hydrogen-bond acceptors (Lipinski definition) is 6. The number of ether oxygens (including phenoxy) is 1. The number of aromatic nitrogens is 2. The first-order chi connectivity index (χ1) is 13.8. The standard InChI is InChI=1S/C19H18F3N5O2/c1-29-11-16-10-26(4-5-27(16)18(28)14-8-24-12-25-9-14)15-3-2-13(7-23)17(6-15)19(20,21)22/h2-3,6,8-9,12,16H,4-5,10-11H2,1H3. The predicted octanol–water partition coefficient (Wildman–Crippen LogP) is 2.34. The summed E-state index contributed by atoms with van der Waals surface area (Å²) < 4.78 is 45.1. The third-order valence-electron chi connectivity index (χ3n) is 4.70. The van der Waals surface area contributed by atoms with Crippen LogP contribution >= 0.6 is 0 Å². The molecule has 152 valence electrons. The number of benzene rings is 1. The molecule has 1 aromatic heterocycles. The van der Waals surface area contributed by atoms with Crippen molar-refractivity contribution in [3.05, 3.63) is 53.6 Å². The number of methoxy groups -OCH3 is 1. The highest BCUT2D eigenvalue weighted by Crippen LogP contribution is 2.35. The summed E-state index contributed by atoms with van der Waals surface area (Å²) in [6, 6.07) is 4.84. The molecular formula is C19H18F3N5O2. The first-order valence-corrected chi connectivity index (χ1v) is 8.76. The molecule has 0 N–H and O–H groups in total. The lowest BCUT2D eigenvalue weighted by atomic mass is 10.0. The zero-order chi connectivity index (χ0) is 21.0. The Labute approximate surface area is 165 Å². The van der Waals surface area contributed by atoms with E-state index >= 15 is 0 Å². The molecule has 1 amide bonds. The van der Waals surface area contributed by atoms with Crippen LogP contribution in [-0.2, 0) is 10.9 Å². The molecule has 0 bridgehead atoms. The van der Waals surface area contributed by atoms with Crippen LogP contribution in [0.2, 0.25) is 0 Å². The van der Waals surface area contributed by atoms with Crippen molar-refractivity contribution in [1.29, 1.82) is 5.26 Å². The number of anilines is 1. The van der Waals surface area contributed by atoms with Crippen LogP contribution in [0.5, 0.6) is 0 Å². The predicted molar refractivity (Wildman–Crippen MR) is 97.1 cm³/mol. The summed E-state index contributed by atoms with van der Waals surface area (Å²) >= 11 is 0. The molecule has 7 nitrogen and oxygen atoms in total. The number of amides is 1. The summed E-state index contributed by atoms with van der Waals surface area (Å²) in [5.41, 5.74) is -0.722. The van der Waals surface area contributed by atoms with Crippen molar-refractivity contribution in [2.24, 2.45) is 0 Å². The van der Waals surface area contributed by atoms with Crippen LogP contribution in [0.25, 0.3) is 0 Å². The zero-order valence-electron chi connectivity index (χ0n) is 15.6. The summed E-state index contributed by atoms with van der Waals surface area (Å²) in [5.74, 6) is -0.261. The van der Waals surface area contributed by atoms with Crippen LogP contribution in [-0.4, -0.2) is 60.2 Å². The van der Waals surface area contributed by atoms with Crippen LogP contribution < -0.4 is 4.90 Å². The molecule has 0 aliphatic carbocycles. The molecule has 2 aromatic rings. The molecule has 1 unspecified atom stereocenters. The molecule has 0 spiro atoms. The SMILES string of the molecule is COCC1CN(c2ccc(C#N)c(C(F)(F)F)c2)CCN1C(=O)c1cncnc1. The lowest BCUT2D eigenvalue weighted by molar-refractivity contribution is -0.137. The van der Waals surface area contributed by atoms with Gasteiger partial charge < -0.3 is 14.5 Å². The van der Waals surface area contributed by atoms with Gasteiger partial charge >= 0.3 is 6.18 Å². The van der Waals surface area contributed by atoms with E-state index in [0.29, 0.717) is 24.3 Å². The van der Waals surface area contributed by atoms with Gasteiger partial charge in [-0.15, -0.1) is 0 Å². The lowest BCUT2D eigenvalue weighted by Gasteiger charge is -2.42. The van der Waals surface area contributed by atoms with Gasteiger partial charge in [0.05, 0.1) is 35.4 Å². The Morgan fingerprint density at radius 2 is 2.03 bits per heavy atom. The molecule has 10 heteroatoms. The number of nitriles is 1. The zero-order valence-corrected chi connectivity index (χ0v) is 15.6. The fourth-order valence-corrected chi connectivity index (χ4v) is 3.33. The Bertz CT molecular complexity index is 914. The Balaban J connectivity index is 1.84. The molecule has 3 rings (SSSR count). The van der Waals surface area contributed by atoms with Gasteiger partial charge in [0.25, 0.3) is 5.91 Å². The van der Waals surface area contributed by atoms with Gasteiger partial charge in [-0.1, -0.05) is 0 Å². The van der Waals surface area contributed by atoms with Crippen molar-refractivity contribution in [3.8, 4) is 6.07 Å². The average molecular weight is 405 g/mol. The van der Waals surface area contributed by atoms with E-state index in [4.69, 9.17) is 10.00 Å². The van der Waals surface area contributed by atoms with Crippen molar-refractivity contribution in [2.45, 2.75) is 12.2 Å². The first kappa shape index (κ1) is 20.5. The van der Waals surface area contributed by atoms with E-state index in [1.54, 1.807) is 15.9 Å². The molecular weight excluding hydrogens is 387 g/mol. The molecule has 1 aromatic carbocycles. The smallest absolute Gasteiger partial charge is 0.382 e. The maximum atomic E-state index is 13.3. The maximum Gasteiger partial charge on any atom is 0.417 e. The number of halogens is 3. The summed E-state index contributed by atoms with van der Waals surface area (Å²) in [5, 5.41) is 8.96. The number of carbonyl (C=O) groups excluding carboxylic acids is 1.